The fourth-order valence-corrected chi connectivity index (χ4v) is 3.11. The minimum Gasteiger partial charge on any atom is -0.308 e. The molecule has 0 radical (unpaired) electrons. The van der Waals surface area contributed by atoms with E-state index in [1.807, 2.05) is 5.32 Å². The van der Waals surface area contributed by atoms with Crippen LogP contribution in [0.2, 0.25) is 0 Å². The van der Waals surface area contributed by atoms with Gasteiger partial charge in [0.2, 0.25) is 0 Å². The lowest BCUT2D eigenvalue weighted by molar-refractivity contribution is 0.103. The summed E-state index contributed by atoms with van der Waals surface area (Å²) >= 11 is 0. The van der Waals surface area contributed by atoms with Gasteiger partial charge >= 0.3 is 6.03 Å². The molecule has 5 nitrogen and oxygen atoms in total. The van der Waals surface area contributed by atoms with Crippen LogP contribution >= 0.6 is 0 Å². The Morgan fingerprint density at radius 1 is 0.758 bits per heavy atom. The van der Waals surface area contributed by atoms with Crippen molar-refractivity contribution in [1.29, 1.82) is 0 Å². The maximum absolute atomic E-state index is 15.0. The molecule has 1 aromatic heterocycles. The first kappa shape index (κ1) is 21.9. The van der Waals surface area contributed by atoms with Crippen molar-refractivity contribution in [2.45, 2.75) is 0 Å². The van der Waals surface area contributed by atoms with Crippen LogP contribution in [-0.4, -0.2) is 16.8 Å². The SMILES string of the molecule is O=C(Nc1ccc(F)c(F)c1)Nc1cc(F)c(F)c(C(=O)c2ccc3ncccc3c2)c1F. The van der Waals surface area contributed by atoms with E-state index in [0.29, 0.717) is 23.0 Å². The van der Waals surface area contributed by atoms with Crippen molar-refractivity contribution in [3.8, 4) is 0 Å². The van der Waals surface area contributed by atoms with Crippen molar-refractivity contribution < 1.29 is 31.5 Å². The van der Waals surface area contributed by atoms with Crippen LogP contribution in [0.1, 0.15) is 15.9 Å². The van der Waals surface area contributed by atoms with E-state index in [1.165, 1.54) is 24.4 Å². The number of nitrogens with one attached hydrogen (secondary N) is 2. The van der Waals surface area contributed by atoms with E-state index in [0.717, 1.165) is 12.1 Å². The standard InChI is InChI=1S/C23H12F5N3O2/c24-14-5-4-13(9-15(14)25)30-23(33)31-18-10-16(26)20(27)19(21(18)28)22(32)12-3-6-17-11(8-12)2-1-7-29-17/h1-10H,(H2,30,31,33). The van der Waals surface area contributed by atoms with E-state index in [9.17, 15) is 31.5 Å². The third-order valence-electron chi connectivity index (χ3n) is 4.67. The van der Waals surface area contributed by atoms with Crippen molar-refractivity contribution in [3.05, 3.63) is 101 Å². The Kier molecular flexibility index (Phi) is 5.74. The topological polar surface area (TPSA) is 71.1 Å². The van der Waals surface area contributed by atoms with E-state index in [2.05, 4.69) is 10.3 Å². The van der Waals surface area contributed by atoms with Gasteiger partial charge in [-0.2, -0.15) is 0 Å². The lowest BCUT2D eigenvalue weighted by Gasteiger charge is -2.12. The van der Waals surface area contributed by atoms with Crippen molar-refractivity contribution in [2.75, 3.05) is 10.6 Å². The van der Waals surface area contributed by atoms with Gasteiger partial charge in [0.1, 0.15) is 0 Å². The maximum atomic E-state index is 15.0. The molecule has 1 heterocycles. The van der Waals surface area contributed by atoms with Gasteiger partial charge in [0.25, 0.3) is 0 Å². The summed E-state index contributed by atoms with van der Waals surface area (Å²) in [6.45, 7) is 0. The van der Waals surface area contributed by atoms with Crippen LogP contribution in [-0.2, 0) is 0 Å². The molecule has 0 aliphatic carbocycles. The molecular formula is C23H12F5N3O2. The summed E-state index contributed by atoms with van der Waals surface area (Å²) in [5.74, 6) is -8.36. The summed E-state index contributed by atoms with van der Waals surface area (Å²) in [6.07, 6.45) is 1.53. The zero-order valence-electron chi connectivity index (χ0n) is 16.4. The molecule has 4 aromatic rings. The number of carbonyl (C=O) groups is 2. The Morgan fingerprint density at radius 2 is 1.55 bits per heavy atom. The Morgan fingerprint density at radius 3 is 2.30 bits per heavy atom. The number of rotatable bonds is 4. The summed E-state index contributed by atoms with van der Waals surface area (Å²) in [6, 6.07) is 8.97. The first-order valence-corrected chi connectivity index (χ1v) is 9.34. The van der Waals surface area contributed by atoms with Gasteiger partial charge in [-0.25, -0.2) is 26.7 Å². The number of hydrogen-bond donors (Lipinski definition) is 2. The molecule has 0 saturated heterocycles. The number of benzene rings is 3. The number of nitrogens with zero attached hydrogens (tertiary/aromatic N) is 1. The second-order valence-electron chi connectivity index (χ2n) is 6.86. The zero-order chi connectivity index (χ0) is 23.7. The molecule has 4 rings (SSSR count). The average Bonchev–Trinajstić information content (AvgIpc) is 2.79. The highest BCUT2D eigenvalue weighted by Gasteiger charge is 2.26. The molecule has 0 unspecified atom stereocenters. The summed E-state index contributed by atoms with van der Waals surface area (Å²) in [7, 11) is 0. The highest BCUT2D eigenvalue weighted by molar-refractivity contribution is 6.11. The smallest absolute Gasteiger partial charge is 0.308 e. The fraction of sp³-hybridized carbons (Fsp3) is 0. The van der Waals surface area contributed by atoms with Crippen LogP contribution < -0.4 is 10.6 Å². The first-order chi connectivity index (χ1) is 15.7. The molecule has 33 heavy (non-hydrogen) atoms. The number of fused-ring (bicyclic) bond motifs is 1. The quantitative estimate of drug-likeness (QED) is 0.231. The first-order valence-electron chi connectivity index (χ1n) is 9.34. The molecule has 0 saturated carbocycles. The molecule has 0 spiro atoms. The third-order valence-corrected chi connectivity index (χ3v) is 4.67. The molecule has 3 aromatic carbocycles. The number of aromatic nitrogens is 1. The van der Waals surface area contributed by atoms with E-state index < -0.39 is 52.2 Å². The number of urea groups is 1. The number of anilines is 2. The van der Waals surface area contributed by atoms with Crippen LogP contribution in [0.5, 0.6) is 0 Å². The normalized spacial score (nSPS) is 10.8. The number of amides is 2. The van der Waals surface area contributed by atoms with Crippen molar-refractivity contribution in [1.82, 2.24) is 4.98 Å². The van der Waals surface area contributed by atoms with Gasteiger partial charge in [-0.1, -0.05) is 6.07 Å². The maximum Gasteiger partial charge on any atom is 0.323 e. The predicted molar refractivity (Wildman–Crippen MR) is 110 cm³/mol. The summed E-state index contributed by atoms with van der Waals surface area (Å²) in [5.41, 5.74) is -1.82. The van der Waals surface area contributed by atoms with Gasteiger partial charge in [0.05, 0.1) is 16.8 Å². The summed E-state index contributed by atoms with van der Waals surface area (Å²) in [5, 5.41) is 4.53. The second-order valence-corrected chi connectivity index (χ2v) is 6.86. The number of ketones is 1. The Bertz CT molecular complexity index is 1430. The number of carbonyl (C=O) groups excluding carboxylic acids is 2. The van der Waals surface area contributed by atoms with Crippen molar-refractivity contribution >= 4 is 34.1 Å². The number of halogens is 5. The zero-order valence-corrected chi connectivity index (χ0v) is 16.4. The van der Waals surface area contributed by atoms with Crippen LogP contribution in [0, 0.1) is 29.1 Å². The van der Waals surface area contributed by atoms with Crippen LogP contribution in [0.4, 0.5) is 38.1 Å². The van der Waals surface area contributed by atoms with Crippen LogP contribution in [0.3, 0.4) is 0 Å². The van der Waals surface area contributed by atoms with E-state index in [-0.39, 0.29) is 11.3 Å². The summed E-state index contributed by atoms with van der Waals surface area (Å²) < 4.78 is 69.8. The number of hydrogen-bond acceptors (Lipinski definition) is 3. The minimum absolute atomic E-state index is 0.129. The van der Waals surface area contributed by atoms with Crippen molar-refractivity contribution in [3.63, 3.8) is 0 Å². The Labute approximate surface area is 182 Å². The lowest BCUT2D eigenvalue weighted by atomic mass is 9.99. The van der Waals surface area contributed by atoms with Gasteiger partial charge in [0, 0.05) is 35.0 Å². The second kappa shape index (κ2) is 8.65. The van der Waals surface area contributed by atoms with Gasteiger partial charge in [-0.05, 0) is 36.4 Å². The summed E-state index contributed by atoms with van der Waals surface area (Å²) in [4.78, 5) is 29.0. The molecule has 0 atom stereocenters. The monoisotopic (exact) mass is 457 g/mol. The predicted octanol–water partition coefficient (Wildman–Crippen LogP) is 5.81. The molecule has 0 aliphatic heterocycles. The molecule has 2 amide bonds. The number of pyridine rings is 1. The Balaban J connectivity index is 1.65. The van der Waals surface area contributed by atoms with Gasteiger partial charge < -0.3 is 10.6 Å². The van der Waals surface area contributed by atoms with Gasteiger partial charge in [-0.15, -0.1) is 0 Å². The van der Waals surface area contributed by atoms with Gasteiger partial charge in [-0.3, -0.25) is 9.78 Å². The van der Waals surface area contributed by atoms with E-state index >= 15 is 0 Å². The molecule has 2 N–H and O–H groups in total. The van der Waals surface area contributed by atoms with Crippen molar-refractivity contribution in [2.24, 2.45) is 0 Å². The van der Waals surface area contributed by atoms with E-state index in [1.54, 1.807) is 12.1 Å². The Hall–Kier alpha value is -4.34. The van der Waals surface area contributed by atoms with Gasteiger partial charge in [0.15, 0.2) is 34.9 Å². The largest absolute Gasteiger partial charge is 0.323 e. The highest BCUT2D eigenvalue weighted by Crippen LogP contribution is 2.27. The van der Waals surface area contributed by atoms with Crippen LogP contribution in [0.15, 0.2) is 60.8 Å². The highest BCUT2D eigenvalue weighted by atomic mass is 19.2. The third kappa shape index (κ3) is 4.36. The lowest BCUT2D eigenvalue weighted by Crippen LogP contribution is -2.22. The molecule has 166 valence electrons. The average molecular weight is 457 g/mol. The molecule has 0 bridgehead atoms. The van der Waals surface area contributed by atoms with E-state index in [4.69, 9.17) is 0 Å². The van der Waals surface area contributed by atoms with Crippen LogP contribution in [0.25, 0.3) is 10.9 Å². The minimum atomic E-state index is -1.73. The molecule has 10 heteroatoms. The molecular weight excluding hydrogens is 445 g/mol. The molecule has 0 fully saturated rings. The molecule has 0 aliphatic rings. The fourth-order valence-electron chi connectivity index (χ4n) is 3.11.